The molecule has 1 heterocycles. The molecule has 0 radical (unpaired) electrons. The number of fused-ring (bicyclic) bond motifs is 1. The molecule has 23 heavy (non-hydrogen) atoms. The van der Waals surface area contributed by atoms with E-state index in [1.165, 1.54) is 0 Å². The van der Waals surface area contributed by atoms with Gasteiger partial charge in [0.2, 0.25) is 0 Å². The molecule has 0 aliphatic heterocycles. The van der Waals surface area contributed by atoms with Crippen molar-refractivity contribution in [1.29, 1.82) is 0 Å². The zero-order valence-electron chi connectivity index (χ0n) is 13.0. The summed E-state index contributed by atoms with van der Waals surface area (Å²) in [6, 6.07) is 17.1. The van der Waals surface area contributed by atoms with Gasteiger partial charge in [-0.05, 0) is 36.8 Å². The first-order valence-corrected chi connectivity index (χ1v) is 7.24. The summed E-state index contributed by atoms with van der Waals surface area (Å²) in [5.41, 5.74) is 5.62. The summed E-state index contributed by atoms with van der Waals surface area (Å²) in [6.07, 6.45) is 0. The summed E-state index contributed by atoms with van der Waals surface area (Å²) < 4.78 is 5.18. The molecule has 1 aromatic heterocycles. The fraction of sp³-hybridized carbons (Fsp3) is 0.111. The molecule has 2 N–H and O–H groups in total. The van der Waals surface area contributed by atoms with Gasteiger partial charge in [-0.1, -0.05) is 30.3 Å². The topological polar surface area (TPSA) is 66.5 Å². The number of ether oxygens (including phenoxy) is 1. The van der Waals surface area contributed by atoms with Crippen LogP contribution in [0.4, 0.5) is 0 Å². The zero-order chi connectivity index (χ0) is 16.2. The normalized spacial score (nSPS) is 11.5. The lowest BCUT2D eigenvalue weighted by Gasteiger charge is -2.01. The minimum absolute atomic E-state index is 0.282. The first kappa shape index (κ1) is 14.8. The van der Waals surface area contributed by atoms with Crippen LogP contribution in [0.25, 0.3) is 10.9 Å². The van der Waals surface area contributed by atoms with Crippen LogP contribution in [0.15, 0.2) is 59.7 Å². The average Bonchev–Trinajstić information content (AvgIpc) is 3.03. The maximum absolute atomic E-state index is 12.2. The number of aromatic nitrogens is 1. The van der Waals surface area contributed by atoms with Crippen LogP contribution in [0.1, 0.15) is 23.0 Å². The molecule has 116 valence electrons. The minimum atomic E-state index is -0.282. The van der Waals surface area contributed by atoms with E-state index in [9.17, 15) is 4.79 Å². The van der Waals surface area contributed by atoms with Crippen LogP contribution >= 0.6 is 0 Å². The maximum atomic E-state index is 12.2. The van der Waals surface area contributed by atoms with Gasteiger partial charge in [0, 0.05) is 10.9 Å². The van der Waals surface area contributed by atoms with Gasteiger partial charge in [0.1, 0.15) is 11.4 Å². The number of methoxy groups -OCH3 is 1. The number of nitrogens with one attached hydrogen (secondary N) is 2. The van der Waals surface area contributed by atoms with Gasteiger partial charge in [-0.3, -0.25) is 4.79 Å². The fourth-order valence-corrected chi connectivity index (χ4v) is 2.30. The Bertz CT molecular complexity index is 866. The number of carbonyl (C=O) groups excluding carboxylic acids is 1. The Labute approximate surface area is 134 Å². The van der Waals surface area contributed by atoms with Crippen molar-refractivity contribution in [3.8, 4) is 5.75 Å². The van der Waals surface area contributed by atoms with E-state index >= 15 is 0 Å². The van der Waals surface area contributed by atoms with Gasteiger partial charge >= 0.3 is 0 Å². The summed E-state index contributed by atoms with van der Waals surface area (Å²) >= 11 is 0. The predicted molar refractivity (Wildman–Crippen MR) is 91.0 cm³/mol. The van der Waals surface area contributed by atoms with E-state index in [0.29, 0.717) is 5.69 Å². The molecule has 0 spiro atoms. The average molecular weight is 307 g/mol. The Hall–Kier alpha value is -3.08. The van der Waals surface area contributed by atoms with Crippen LogP contribution in [-0.2, 0) is 0 Å². The smallest absolute Gasteiger partial charge is 0.287 e. The van der Waals surface area contributed by atoms with E-state index in [0.717, 1.165) is 27.9 Å². The third-order valence-corrected chi connectivity index (χ3v) is 3.59. The lowest BCUT2D eigenvalue weighted by atomic mass is 10.1. The zero-order valence-corrected chi connectivity index (χ0v) is 13.0. The molecule has 5 heteroatoms. The van der Waals surface area contributed by atoms with E-state index in [1.54, 1.807) is 13.2 Å². The van der Waals surface area contributed by atoms with Gasteiger partial charge in [-0.2, -0.15) is 5.10 Å². The first-order valence-electron chi connectivity index (χ1n) is 7.24. The van der Waals surface area contributed by atoms with Crippen molar-refractivity contribution in [2.24, 2.45) is 5.10 Å². The molecule has 5 nitrogen and oxygen atoms in total. The number of benzene rings is 2. The number of carbonyl (C=O) groups is 1. The molecule has 3 aromatic rings. The number of rotatable bonds is 4. The summed E-state index contributed by atoms with van der Waals surface area (Å²) in [5.74, 6) is 0.469. The van der Waals surface area contributed by atoms with Crippen molar-refractivity contribution in [2.45, 2.75) is 6.92 Å². The molecule has 0 bridgehead atoms. The van der Waals surface area contributed by atoms with Crippen molar-refractivity contribution < 1.29 is 9.53 Å². The van der Waals surface area contributed by atoms with Gasteiger partial charge < -0.3 is 9.72 Å². The number of hydrogen-bond acceptors (Lipinski definition) is 3. The molecule has 0 saturated heterocycles. The molecule has 0 aliphatic carbocycles. The lowest BCUT2D eigenvalue weighted by molar-refractivity contribution is 0.0950. The van der Waals surface area contributed by atoms with Crippen LogP contribution in [-0.4, -0.2) is 23.7 Å². The first-order chi connectivity index (χ1) is 11.2. The second-order valence-corrected chi connectivity index (χ2v) is 5.14. The van der Waals surface area contributed by atoms with Gasteiger partial charge in [0.05, 0.1) is 12.8 Å². The van der Waals surface area contributed by atoms with E-state index in [1.807, 2.05) is 55.5 Å². The van der Waals surface area contributed by atoms with Gasteiger partial charge in [0.25, 0.3) is 5.91 Å². The van der Waals surface area contributed by atoms with E-state index in [2.05, 4.69) is 15.5 Å². The quantitative estimate of drug-likeness (QED) is 0.573. The number of hydrazone groups is 1. The van der Waals surface area contributed by atoms with Crippen molar-refractivity contribution in [3.05, 3.63) is 65.9 Å². The third-order valence-electron chi connectivity index (χ3n) is 3.59. The molecule has 0 aliphatic rings. The SMILES string of the molecule is COc1ccc2[nH]c(C(=O)N/N=C(/C)c3ccccc3)cc2c1. The highest BCUT2D eigenvalue weighted by Crippen LogP contribution is 2.21. The predicted octanol–water partition coefficient (Wildman–Crippen LogP) is 3.33. The molecular formula is C18H17N3O2. The Morgan fingerprint density at radius 1 is 1.13 bits per heavy atom. The van der Waals surface area contributed by atoms with Crippen molar-refractivity contribution in [3.63, 3.8) is 0 Å². The third kappa shape index (κ3) is 3.23. The number of aromatic amines is 1. The van der Waals surface area contributed by atoms with Gasteiger partial charge in [-0.25, -0.2) is 5.43 Å². The van der Waals surface area contributed by atoms with E-state index in [-0.39, 0.29) is 5.91 Å². The van der Waals surface area contributed by atoms with Crippen LogP contribution < -0.4 is 10.2 Å². The highest BCUT2D eigenvalue weighted by Gasteiger charge is 2.09. The maximum Gasteiger partial charge on any atom is 0.287 e. The Morgan fingerprint density at radius 3 is 2.65 bits per heavy atom. The van der Waals surface area contributed by atoms with Crippen molar-refractivity contribution in [2.75, 3.05) is 7.11 Å². The van der Waals surface area contributed by atoms with Gasteiger partial charge in [0.15, 0.2) is 0 Å². The minimum Gasteiger partial charge on any atom is -0.497 e. The van der Waals surface area contributed by atoms with Crippen LogP contribution in [0.2, 0.25) is 0 Å². The van der Waals surface area contributed by atoms with Crippen LogP contribution in [0.3, 0.4) is 0 Å². The number of H-pyrrole nitrogens is 1. The summed E-state index contributed by atoms with van der Waals surface area (Å²) in [7, 11) is 1.61. The Morgan fingerprint density at radius 2 is 1.91 bits per heavy atom. The van der Waals surface area contributed by atoms with Crippen LogP contribution in [0.5, 0.6) is 5.75 Å². The molecule has 0 atom stereocenters. The van der Waals surface area contributed by atoms with Gasteiger partial charge in [-0.15, -0.1) is 0 Å². The van der Waals surface area contributed by atoms with Crippen molar-refractivity contribution in [1.82, 2.24) is 10.4 Å². The Kier molecular flexibility index (Phi) is 4.10. The molecule has 0 unspecified atom stereocenters. The molecule has 0 saturated carbocycles. The summed E-state index contributed by atoms with van der Waals surface area (Å²) in [5, 5.41) is 5.06. The highest BCUT2D eigenvalue weighted by atomic mass is 16.5. The Balaban J connectivity index is 1.78. The van der Waals surface area contributed by atoms with Crippen molar-refractivity contribution >= 4 is 22.5 Å². The number of hydrogen-bond donors (Lipinski definition) is 2. The highest BCUT2D eigenvalue weighted by molar-refractivity contribution is 6.01. The largest absolute Gasteiger partial charge is 0.497 e. The molecule has 2 aromatic carbocycles. The second-order valence-electron chi connectivity index (χ2n) is 5.14. The molecular weight excluding hydrogens is 290 g/mol. The van der Waals surface area contributed by atoms with E-state index in [4.69, 9.17) is 4.74 Å². The monoisotopic (exact) mass is 307 g/mol. The fourth-order valence-electron chi connectivity index (χ4n) is 2.30. The second kappa shape index (κ2) is 6.36. The lowest BCUT2D eigenvalue weighted by Crippen LogP contribution is -2.19. The summed E-state index contributed by atoms with van der Waals surface area (Å²) in [4.78, 5) is 15.3. The number of nitrogens with zero attached hydrogens (tertiary/aromatic N) is 1. The molecule has 0 fully saturated rings. The summed E-state index contributed by atoms with van der Waals surface area (Å²) in [6.45, 7) is 1.85. The standard InChI is InChI=1S/C18H17N3O2/c1-12(13-6-4-3-5-7-13)20-21-18(22)17-11-14-10-15(23-2)8-9-16(14)19-17/h3-11,19H,1-2H3,(H,21,22)/b20-12-. The van der Waals surface area contributed by atoms with E-state index < -0.39 is 0 Å². The number of amides is 1. The van der Waals surface area contributed by atoms with Crippen LogP contribution in [0, 0.1) is 0 Å². The molecule has 1 amide bonds. The molecule has 3 rings (SSSR count).